The van der Waals surface area contributed by atoms with Crippen molar-refractivity contribution in [3.05, 3.63) is 35.1 Å². The van der Waals surface area contributed by atoms with E-state index in [2.05, 4.69) is 72.9 Å². The first-order valence-corrected chi connectivity index (χ1v) is 8.50. The van der Waals surface area contributed by atoms with E-state index in [1.807, 2.05) is 0 Å². The lowest BCUT2D eigenvalue weighted by atomic mass is 9.99. The zero-order chi connectivity index (χ0) is 16.6. The van der Waals surface area contributed by atoms with Gasteiger partial charge in [0.1, 0.15) is 0 Å². The van der Waals surface area contributed by atoms with Crippen LogP contribution in [-0.2, 0) is 0 Å². The third-order valence-electron chi connectivity index (χ3n) is 3.67. The van der Waals surface area contributed by atoms with Crippen LogP contribution in [0.3, 0.4) is 0 Å². The van der Waals surface area contributed by atoms with E-state index in [9.17, 15) is 0 Å². The lowest BCUT2D eigenvalue weighted by molar-refractivity contribution is 0.302. The molecule has 0 saturated heterocycles. The highest BCUT2D eigenvalue weighted by Gasteiger charge is 2.14. The summed E-state index contributed by atoms with van der Waals surface area (Å²) in [5.41, 5.74) is 5.38. The summed E-state index contributed by atoms with van der Waals surface area (Å²) in [5.74, 6) is 1.19. The van der Waals surface area contributed by atoms with Crippen molar-refractivity contribution in [1.29, 1.82) is 0 Å². The highest BCUT2D eigenvalue weighted by Crippen LogP contribution is 2.24. The maximum atomic E-state index is 4.20. The van der Waals surface area contributed by atoms with E-state index in [1.54, 1.807) is 0 Å². The van der Waals surface area contributed by atoms with Crippen LogP contribution in [0.25, 0.3) is 0 Å². The summed E-state index contributed by atoms with van der Waals surface area (Å²) in [6, 6.07) is 0. The molecule has 0 unspecified atom stereocenters. The number of unbranched alkanes of at least 4 members (excludes halogenated alkanes) is 1. The molecule has 1 heteroatoms. The van der Waals surface area contributed by atoms with Gasteiger partial charge in [-0.05, 0) is 44.6 Å². The predicted molar refractivity (Wildman–Crippen MR) is 97.4 cm³/mol. The van der Waals surface area contributed by atoms with Crippen LogP contribution in [0.15, 0.2) is 35.1 Å². The maximum absolute atomic E-state index is 4.20. The fraction of sp³-hybridized carbons (Fsp3) is 0.700. The lowest BCUT2D eigenvalue weighted by Crippen LogP contribution is -2.29. The van der Waals surface area contributed by atoms with Crippen LogP contribution >= 0.6 is 0 Å². The topological polar surface area (TPSA) is 3.24 Å². The van der Waals surface area contributed by atoms with Crippen molar-refractivity contribution < 1.29 is 0 Å². The van der Waals surface area contributed by atoms with Gasteiger partial charge in [-0.1, -0.05) is 64.8 Å². The third-order valence-corrected chi connectivity index (χ3v) is 3.67. The zero-order valence-electron chi connectivity index (χ0n) is 15.7. The Labute approximate surface area is 133 Å². The van der Waals surface area contributed by atoms with Crippen LogP contribution < -0.4 is 0 Å². The smallest absolute Gasteiger partial charge is 0.0382 e. The second kappa shape index (κ2) is 9.87. The molecule has 0 aliphatic carbocycles. The molecule has 0 spiro atoms. The van der Waals surface area contributed by atoms with Gasteiger partial charge in [0.05, 0.1) is 0 Å². The van der Waals surface area contributed by atoms with Crippen LogP contribution in [-0.4, -0.2) is 18.0 Å². The molecule has 0 fully saturated rings. The predicted octanol–water partition coefficient (Wildman–Crippen LogP) is 6.20. The van der Waals surface area contributed by atoms with Crippen molar-refractivity contribution in [2.45, 2.75) is 68.2 Å². The zero-order valence-corrected chi connectivity index (χ0v) is 15.7. The summed E-state index contributed by atoms with van der Waals surface area (Å²) in [7, 11) is 0. The Bertz CT molecular complexity index is 379. The fourth-order valence-corrected chi connectivity index (χ4v) is 2.56. The normalized spacial score (nSPS) is 12.0. The van der Waals surface area contributed by atoms with Gasteiger partial charge in [0.2, 0.25) is 0 Å². The van der Waals surface area contributed by atoms with Crippen molar-refractivity contribution in [2.24, 2.45) is 11.8 Å². The molecule has 0 bridgehead atoms. The molecule has 0 aliphatic heterocycles. The van der Waals surface area contributed by atoms with Gasteiger partial charge in [-0.25, -0.2) is 0 Å². The molecular formula is C20H37N. The summed E-state index contributed by atoms with van der Waals surface area (Å²) in [6.07, 6.45) is 4.76. The van der Waals surface area contributed by atoms with Gasteiger partial charge in [0.15, 0.2) is 0 Å². The number of nitrogens with zero attached hydrogens (tertiary/aromatic N) is 1. The Morgan fingerprint density at radius 1 is 1.10 bits per heavy atom. The largest absolute Gasteiger partial charge is 0.371 e. The van der Waals surface area contributed by atoms with Gasteiger partial charge in [-0.3, -0.25) is 0 Å². The number of allylic oxidation sites excluding steroid dienone is 4. The molecule has 0 rings (SSSR count). The first-order chi connectivity index (χ1) is 9.70. The molecule has 1 nitrogen and oxygen atoms in total. The minimum atomic E-state index is 0.507. The standard InChI is InChI=1S/C20H37N/c1-10-11-12-21(14-15(2)3)20(17(6)7)19(9)13-18(8)16(4)5/h13,15-16H,8,10-12,14H2,1-7,9H3/b19-13-. The molecule has 0 amide bonds. The molecule has 0 aromatic carbocycles. The molecule has 122 valence electrons. The number of hydrogen-bond donors (Lipinski definition) is 0. The molecule has 0 saturated carbocycles. The van der Waals surface area contributed by atoms with Crippen molar-refractivity contribution in [2.75, 3.05) is 13.1 Å². The monoisotopic (exact) mass is 291 g/mol. The first-order valence-electron chi connectivity index (χ1n) is 8.50. The Balaban J connectivity index is 5.42. The molecule has 0 heterocycles. The molecule has 0 aromatic heterocycles. The highest BCUT2D eigenvalue weighted by molar-refractivity contribution is 5.37. The number of rotatable bonds is 9. The Kier molecular flexibility index (Phi) is 9.41. The Morgan fingerprint density at radius 3 is 2.05 bits per heavy atom. The van der Waals surface area contributed by atoms with Gasteiger partial charge >= 0.3 is 0 Å². The molecule has 21 heavy (non-hydrogen) atoms. The van der Waals surface area contributed by atoms with Crippen molar-refractivity contribution in [3.8, 4) is 0 Å². The van der Waals surface area contributed by atoms with Gasteiger partial charge in [-0.15, -0.1) is 0 Å². The summed E-state index contributed by atoms with van der Waals surface area (Å²) in [6.45, 7) is 24.4. The quantitative estimate of drug-likeness (QED) is 0.457. The van der Waals surface area contributed by atoms with Crippen LogP contribution in [0.4, 0.5) is 0 Å². The summed E-state index contributed by atoms with van der Waals surface area (Å²) < 4.78 is 0. The van der Waals surface area contributed by atoms with Crippen LogP contribution in [0.5, 0.6) is 0 Å². The van der Waals surface area contributed by atoms with E-state index in [-0.39, 0.29) is 0 Å². The maximum Gasteiger partial charge on any atom is 0.0382 e. The summed E-state index contributed by atoms with van der Waals surface area (Å²) in [5, 5.41) is 0. The van der Waals surface area contributed by atoms with Gasteiger partial charge < -0.3 is 4.90 Å². The Hall–Kier alpha value is -0.980. The Morgan fingerprint density at radius 2 is 1.67 bits per heavy atom. The molecule has 0 N–H and O–H groups in total. The second-order valence-electron chi connectivity index (χ2n) is 7.10. The highest BCUT2D eigenvalue weighted by atomic mass is 15.1. The van der Waals surface area contributed by atoms with Crippen molar-refractivity contribution >= 4 is 0 Å². The van der Waals surface area contributed by atoms with E-state index in [4.69, 9.17) is 0 Å². The number of hydrogen-bond acceptors (Lipinski definition) is 1. The van der Waals surface area contributed by atoms with Crippen molar-refractivity contribution in [3.63, 3.8) is 0 Å². The van der Waals surface area contributed by atoms with Crippen molar-refractivity contribution in [1.82, 2.24) is 4.90 Å². The van der Waals surface area contributed by atoms with Crippen LogP contribution in [0.2, 0.25) is 0 Å². The van der Waals surface area contributed by atoms with Gasteiger partial charge in [0.25, 0.3) is 0 Å². The third kappa shape index (κ3) is 7.55. The molecule has 0 atom stereocenters. The first kappa shape index (κ1) is 20.0. The van der Waals surface area contributed by atoms with Gasteiger partial charge in [-0.2, -0.15) is 0 Å². The van der Waals surface area contributed by atoms with Gasteiger partial charge in [0, 0.05) is 18.8 Å². The van der Waals surface area contributed by atoms with E-state index < -0.39 is 0 Å². The van der Waals surface area contributed by atoms with E-state index >= 15 is 0 Å². The molecular weight excluding hydrogens is 254 g/mol. The minimum absolute atomic E-state index is 0.507. The van der Waals surface area contributed by atoms with E-state index in [0.717, 1.165) is 13.1 Å². The summed E-state index contributed by atoms with van der Waals surface area (Å²) in [4.78, 5) is 2.57. The molecule has 0 aliphatic rings. The second-order valence-corrected chi connectivity index (χ2v) is 7.10. The van der Waals surface area contributed by atoms with E-state index in [0.29, 0.717) is 11.8 Å². The lowest BCUT2D eigenvalue weighted by Gasteiger charge is -2.31. The fourth-order valence-electron chi connectivity index (χ4n) is 2.56. The van der Waals surface area contributed by atoms with Crippen LogP contribution in [0.1, 0.15) is 68.2 Å². The summed E-state index contributed by atoms with van der Waals surface area (Å²) >= 11 is 0. The molecule has 0 aromatic rings. The molecule has 0 radical (unpaired) electrons. The van der Waals surface area contributed by atoms with Crippen LogP contribution in [0, 0.1) is 11.8 Å². The SMILES string of the molecule is C=C(/C=C(/C)C(=C(C)C)N(CCCC)CC(C)C)C(C)C. The average molecular weight is 292 g/mol. The average Bonchev–Trinajstić information content (AvgIpc) is 2.34. The minimum Gasteiger partial charge on any atom is -0.371 e. The van der Waals surface area contributed by atoms with E-state index in [1.165, 1.54) is 35.3 Å².